The van der Waals surface area contributed by atoms with E-state index in [2.05, 4.69) is 15.5 Å². The number of aromatic amines is 1. The molecule has 0 radical (unpaired) electrons. The van der Waals surface area contributed by atoms with Crippen LogP contribution in [0.2, 0.25) is 5.02 Å². The van der Waals surface area contributed by atoms with Crippen LogP contribution in [0.5, 0.6) is 0 Å². The van der Waals surface area contributed by atoms with E-state index in [-0.39, 0.29) is 11.2 Å². The van der Waals surface area contributed by atoms with Gasteiger partial charge in [0, 0.05) is 16.8 Å². The second-order valence-corrected chi connectivity index (χ2v) is 7.03. The molecular weight excluding hydrogens is 346 g/mol. The Kier molecular flexibility index (Phi) is 3.86. The highest BCUT2D eigenvalue weighted by atomic mass is 35.5. The molecule has 122 valence electrons. The number of carbonyl (C=O) groups excluding carboxylic acids is 1. The van der Waals surface area contributed by atoms with Crippen LogP contribution in [0, 0.1) is 6.92 Å². The van der Waals surface area contributed by atoms with Gasteiger partial charge in [0.25, 0.3) is 0 Å². The summed E-state index contributed by atoms with van der Waals surface area (Å²) in [6.45, 7) is 1.94. The summed E-state index contributed by atoms with van der Waals surface area (Å²) in [5, 5.41) is 10.5. The van der Waals surface area contributed by atoms with E-state index in [0.717, 1.165) is 22.6 Å². The lowest BCUT2D eigenvalue weighted by atomic mass is 10.1. The van der Waals surface area contributed by atoms with Gasteiger partial charge in [-0.25, -0.2) is 0 Å². The lowest BCUT2D eigenvalue weighted by Crippen LogP contribution is -2.12. The number of H-pyrrole nitrogens is 1. The number of thioether (sulfide) groups is 1. The fraction of sp³-hybridized carbons (Fsp3) is 0.176. The van der Waals surface area contributed by atoms with Crippen LogP contribution in [0.25, 0.3) is 11.3 Å². The summed E-state index contributed by atoms with van der Waals surface area (Å²) < 4.78 is 6.08. The van der Waals surface area contributed by atoms with Gasteiger partial charge in [0.2, 0.25) is 5.91 Å². The van der Waals surface area contributed by atoms with Gasteiger partial charge in [-0.2, -0.15) is 5.10 Å². The Morgan fingerprint density at radius 2 is 2.12 bits per heavy atom. The van der Waals surface area contributed by atoms with Crippen LogP contribution < -0.4 is 5.32 Å². The highest BCUT2D eigenvalue weighted by molar-refractivity contribution is 8.00. The summed E-state index contributed by atoms with van der Waals surface area (Å²) in [5.74, 6) is 2.35. The molecular formula is C17H14ClN3O2S. The summed E-state index contributed by atoms with van der Waals surface area (Å²) in [6, 6.07) is 11.4. The number of aryl methyl sites for hydroxylation is 1. The van der Waals surface area contributed by atoms with Gasteiger partial charge < -0.3 is 9.73 Å². The molecule has 24 heavy (non-hydrogen) atoms. The number of furan rings is 1. The number of rotatable bonds is 2. The number of halogens is 1. The van der Waals surface area contributed by atoms with Crippen molar-refractivity contribution in [2.75, 3.05) is 11.1 Å². The van der Waals surface area contributed by atoms with Gasteiger partial charge >= 0.3 is 0 Å². The third-order valence-corrected chi connectivity index (χ3v) is 5.48. The smallest absolute Gasteiger partial charge is 0.235 e. The molecule has 5 nitrogen and oxygen atoms in total. The average Bonchev–Trinajstić information content (AvgIpc) is 3.13. The molecule has 4 rings (SSSR count). The molecule has 2 N–H and O–H groups in total. The van der Waals surface area contributed by atoms with Crippen molar-refractivity contribution in [3.8, 4) is 11.3 Å². The predicted octanol–water partition coefficient (Wildman–Crippen LogP) is 4.41. The minimum Gasteiger partial charge on any atom is -0.459 e. The number of hydrogen-bond donors (Lipinski definition) is 2. The minimum atomic E-state index is -0.103. The third kappa shape index (κ3) is 2.61. The van der Waals surface area contributed by atoms with E-state index >= 15 is 0 Å². The summed E-state index contributed by atoms with van der Waals surface area (Å²) >= 11 is 7.77. The highest BCUT2D eigenvalue weighted by Gasteiger charge is 2.30. The van der Waals surface area contributed by atoms with Crippen molar-refractivity contribution >= 4 is 35.1 Å². The monoisotopic (exact) mass is 359 g/mol. The highest BCUT2D eigenvalue weighted by Crippen LogP contribution is 2.44. The first kappa shape index (κ1) is 15.4. The van der Waals surface area contributed by atoms with Crippen molar-refractivity contribution in [3.63, 3.8) is 0 Å². The number of nitrogens with one attached hydrogen (secondary N) is 2. The molecule has 0 bridgehead atoms. The molecule has 3 heterocycles. The van der Waals surface area contributed by atoms with E-state index in [4.69, 9.17) is 16.0 Å². The molecule has 1 aliphatic rings. The number of amides is 1. The lowest BCUT2D eigenvalue weighted by molar-refractivity contribution is -0.113. The molecule has 7 heteroatoms. The first-order chi connectivity index (χ1) is 11.6. The topological polar surface area (TPSA) is 70.9 Å². The van der Waals surface area contributed by atoms with Crippen LogP contribution >= 0.6 is 23.4 Å². The normalized spacial score (nSPS) is 17.2. The molecule has 2 aromatic heterocycles. The Labute approximate surface area is 147 Å². The maximum Gasteiger partial charge on any atom is 0.235 e. The predicted molar refractivity (Wildman–Crippen MR) is 95.4 cm³/mol. The van der Waals surface area contributed by atoms with Gasteiger partial charge in [-0.3, -0.25) is 9.89 Å². The van der Waals surface area contributed by atoms with Gasteiger partial charge in [0.1, 0.15) is 11.5 Å². The molecule has 1 amide bonds. The maximum atomic E-state index is 11.9. The number of hydrogen-bond acceptors (Lipinski definition) is 4. The zero-order chi connectivity index (χ0) is 16.7. The molecule has 0 saturated heterocycles. The first-order valence-corrected chi connectivity index (χ1v) is 8.87. The van der Waals surface area contributed by atoms with E-state index in [1.165, 1.54) is 11.8 Å². The van der Waals surface area contributed by atoms with Crippen LogP contribution in [0.15, 0.2) is 40.8 Å². The van der Waals surface area contributed by atoms with Crippen molar-refractivity contribution in [1.82, 2.24) is 10.2 Å². The first-order valence-electron chi connectivity index (χ1n) is 7.44. The molecule has 0 spiro atoms. The fourth-order valence-corrected chi connectivity index (χ4v) is 4.15. The average molecular weight is 360 g/mol. The second-order valence-electron chi connectivity index (χ2n) is 5.53. The van der Waals surface area contributed by atoms with Gasteiger partial charge in [-0.05, 0) is 31.2 Å². The number of carbonyl (C=O) groups is 1. The SMILES string of the molecule is Cc1[nH]nc2c1[C@H](c1ccc(-c3ccccc3Cl)o1)SCC(=O)N2. The Balaban J connectivity index is 1.76. The molecule has 0 unspecified atom stereocenters. The van der Waals surface area contributed by atoms with Crippen LogP contribution in [0.1, 0.15) is 22.3 Å². The van der Waals surface area contributed by atoms with Crippen LogP contribution in [-0.2, 0) is 4.79 Å². The van der Waals surface area contributed by atoms with E-state index < -0.39 is 0 Å². The molecule has 3 aromatic rings. The second kappa shape index (κ2) is 6.03. The number of aromatic nitrogens is 2. The standard InChI is InChI=1S/C17H14ClN3O2S/c1-9-15-16(24-8-14(22)19-17(15)21-20-9)13-7-6-12(23-13)10-4-2-3-5-11(10)18/h2-7,16H,8H2,1H3,(H2,19,20,21,22)/t16-/m0/s1. The maximum absolute atomic E-state index is 11.9. The number of fused-ring (bicyclic) bond motifs is 1. The molecule has 0 aliphatic carbocycles. The Morgan fingerprint density at radius 3 is 2.96 bits per heavy atom. The largest absolute Gasteiger partial charge is 0.459 e. The molecule has 1 atom stereocenters. The van der Waals surface area contributed by atoms with Gasteiger partial charge in [-0.15, -0.1) is 11.8 Å². The zero-order valence-corrected chi connectivity index (χ0v) is 14.4. The molecule has 1 aromatic carbocycles. The summed E-state index contributed by atoms with van der Waals surface area (Å²) in [6.07, 6.45) is 0. The zero-order valence-electron chi connectivity index (χ0n) is 12.8. The van der Waals surface area contributed by atoms with E-state index in [1.807, 2.05) is 43.3 Å². The molecule has 0 fully saturated rings. The van der Waals surface area contributed by atoms with Crippen LogP contribution in [0.4, 0.5) is 5.82 Å². The lowest BCUT2D eigenvalue weighted by Gasteiger charge is -2.11. The van der Waals surface area contributed by atoms with Crippen molar-refractivity contribution in [1.29, 1.82) is 0 Å². The summed E-state index contributed by atoms with van der Waals surface area (Å²) in [4.78, 5) is 11.9. The minimum absolute atomic E-state index is 0.0619. The van der Waals surface area contributed by atoms with E-state index in [1.54, 1.807) is 0 Å². The molecule has 1 aliphatic heterocycles. The third-order valence-electron chi connectivity index (χ3n) is 3.92. The van der Waals surface area contributed by atoms with Crippen molar-refractivity contribution < 1.29 is 9.21 Å². The van der Waals surface area contributed by atoms with E-state index in [9.17, 15) is 4.79 Å². The van der Waals surface area contributed by atoms with Crippen molar-refractivity contribution in [2.24, 2.45) is 0 Å². The van der Waals surface area contributed by atoms with Crippen LogP contribution in [0.3, 0.4) is 0 Å². The van der Waals surface area contributed by atoms with E-state index in [0.29, 0.717) is 22.4 Å². The van der Waals surface area contributed by atoms with Gasteiger partial charge in [-0.1, -0.05) is 23.7 Å². The Morgan fingerprint density at radius 1 is 1.29 bits per heavy atom. The van der Waals surface area contributed by atoms with Gasteiger partial charge in [0.05, 0.1) is 16.0 Å². The Hall–Kier alpha value is -2.18. The molecule has 0 saturated carbocycles. The fourth-order valence-electron chi connectivity index (χ4n) is 2.79. The summed E-state index contributed by atoms with van der Waals surface area (Å²) in [5.41, 5.74) is 2.72. The number of anilines is 1. The number of nitrogens with zero attached hydrogens (tertiary/aromatic N) is 1. The van der Waals surface area contributed by atoms with Gasteiger partial charge in [0.15, 0.2) is 5.82 Å². The van der Waals surface area contributed by atoms with Crippen molar-refractivity contribution in [2.45, 2.75) is 12.2 Å². The van der Waals surface area contributed by atoms with Crippen LogP contribution in [-0.4, -0.2) is 21.9 Å². The Bertz CT molecular complexity index is 918. The summed E-state index contributed by atoms with van der Waals surface area (Å²) in [7, 11) is 0. The number of benzene rings is 1. The quantitative estimate of drug-likeness (QED) is 0.711. The van der Waals surface area contributed by atoms with Crippen molar-refractivity contribution in [3.05, 3.63) is 58.4 Å².